The Morgan fingerprint density at radius 3 is 2.43 bits per heavy atom. The number of rotatable bonds is 5. The first kappa shape index (κ1) is 16.7. The molecule has 0 radical (unpaired) electrons. The fourth-order valence-corrected chi connectivity index (χ4v) is 3.30. The van der Waals surface area contributed by atoms with Crippen LogP contribution in [0.4, 0.5) is 0 Å². The predicted molar refractivity (Wildman–Crippen MR) is 84.2 cm³/mol. The van der Waals surface area contributed by atoms with Crippen molar-refractivity contribution in [2.75, 3.05) is 52.4 Å². The van der Waals surface area contributed by atoms with Crippen LogP contribution in [0.2, 0.25) is 0 Å². The van der Waals surface area contributed by atoms with Crippen molar-refractivity contribution in [3.8, 4) is 6.07 Å². The molecule has 2 heterocycles. The Morgan fingerprint density at radius 2 is 1.86 bits per heavy atom. The summed E-state index contributed by atoms with van der Waals surface area (Å²) < 4.78 is 5.93. The van der Waals surface area contributed by atoms with E-state index in [0.29, 0.717) is 12.1 Å². The first-order valence-corrected chi connectivity index (χ1v) is 8.35. The van der Waals surface area contributed by atoms with E-state index in [-0.39, 0.29) is 6.04 Å². The molecule has 0 N–H and O–H groups in total. The average Bonchev–Trinajstić information content (AvgIpc) is 2.50. The number of nitriles is 1. The molecule has 2 rings (SSSR count). The highest BCUT2D eigenvalue weighted by molar-refractivity contribution is 4.93. The van der Waals surface area contributed by atoms with Crippen molar-refractivity contribution in [3.63, 3.8) is 0 Å². The zero-order chi connectivity index (χ0) is 15.2. The molecule has 2 fully saturated rings. The van der Waals surface area contributed by atoms with Gasteiger partial charge < -0.3 is 4.74 Å². The first-order valence-electron chi connectivity index (χ1n) is 8.35. The van der Waals surface area contributed by atoms with Crippen LogP contribution in [0.25, 0.3) is 0 Å². The molecule has 0 spiro atoms. The van der Waals surface area contributed by atoms with Gasteiger partial charge in [-0.3, -0.25) is 14.7 Å². The predicted octanol–water partition coefficient (Wildman–Crippen LogP) is 1.02. The molecule has 0 aromatic carbocycles. The number of hydrogen-bond donors (Lipinski definition) is 0. The van der Waals surface area contributed by atoms with Crippen LogP contribution in [0.5, 0.6) is 0 Å². The standard InChI is InChI=1S/C16H30N4O/c1-4-15(11-17)19-7-5-18(6-8-19)12-16-13-20(14(2)3)9-10-21-16/h14-16H,4-10,12-13H2,1-3H3. The van der Waals surface area contributed by atoms with E-state index < -0.39 is 0 Å². The number of hydrogen-bond acceptors (Lipinski definition) is 5. The van der Waals surface area contributed by atoms with E-state index in [9.17, 15) is 0 Å². The van der Waals surface area contributed by atoms with Crippen LogP contribution < -0.4 is 0 Å². The van der Waals surface area contributed by atoms with Crippen molar-refractivity contribution in [2.45, 2.75) is 45.4 Å². The highest BCUT2D eigenvalue weighted by Crippen LogP contribution is 2.13. The third-order valence-electron chi connectivity index (χ3n) is 4.75. The van der Waals surface area contributed by atoms with E-state index in [0.717, 1.165) is 58.8 Å². The van der Waals surface area contributed by atoms with Gasteiger partial charge in [0.2, 0.25) is 0 Å². The van der Waals surface area contributed by atoms with Gasteiger partial charge in [-0.2, -0.15) is 5.26 Å². The van der Waals surface area contributed by atoms with E-state index in [4.69, 9.17) is 10.00 Å². The van der Waals surface area contributed by atoms with Crippen LogP contribution in [0.15, 0.2) is 0 Å². The minimum Gasteiger partial charge on any atom is -0.374 e. The van der Waals surface area contributed by atoms with Crippen molar-refractivity contribution >= 4 is 0 Å². The summed E-state index contributed by atoms with van der Waals surface area (Å²) in [6, 6.07) is 3.11. The third-order valence-corrected chi connectivity index (χ3v) is 4.75. The van der Waals surface area contributed by atoms with Crippen molar-refractivity contribution in [3.05, 3.63) is 0 Å². The van der Waals surface area contributed by atoms with Gasteiger partial charge in [-0.25, -0.2) is 0 Å². The number of morpholine rings is 1. The maximum Gasteiger partial charge on any atom is 0.0976 e. The molecule has 0 aliphatic carbocycles. The lowest BCUT2D eigenvalue weighted by Gasteiger charge is -2.41. The van der Waals surface area contributed by atoms with E-state index in [1.54, 1.807) is 0 Å². The lowest BCUT2D eigenvalue weighted by Crippen LogP contribution is -2.54. The average molecular weight is 294 g/mol. The van der Waals surface area contributed by atoms with Crippen molar-refractivity contribution in [1.82, 2.24) is 14.7 Å². The van der Waals surface area contributed by atoms with Crippen LogP contribution in [0.3, 0.4) is 0 Å². The summed E-state index contributed by atoms with van der Waals surface area (Å²) in [6.07, 6.45) is 1.26. The highest BCUT2D eigenvalue weighted by atomic mass is 16.5. The van der Waals surface area contributed by atoms with Crippen LogP contribution in [0, 0.1) is 11.3 Å². The van der Waals surface area contributed by atoms with Crippen molar-refractivity contribution < 1.29 is 4.74 Å². The molecule has 2 unspecified atom stereocenters. The molecule has 0 aromatic heterocycles. The SMILES string of the molecule is CCC(C#N)N1CCN(CC2CN(C(C)C)CCO2)CC1. The minimum atomic E-state index is 0.0921. The maximum absolute atomic E-state index is 9.16. The summed E-state index contributed by atoms with van der Waals surface area (Å²) in [5.41, 5.74) is 0. The first-order chi connectivity index (χ1) is 10.1. The second-order valence-electron chi connectivity index (χ2n) is 6.47. The number of piperazine rings is 1. The Morgan fingerprint density at radius 1 is 1.14 bits per heavy atom. The Labute approximate surface area is 129 Å². The summed E-state index contributed by atoms with van der Waals surface area (Å²) in [4.78, 5) is 7.32. The van der Waals surface area contributed by atoms with Gasteiger partial charge in [0.1, 0.15) is 0 Å². The van der Waals surface area contributed by atoms with Gasteiger partial charge in [0.25, 0.3) is 0 Å². The van der Waals surface area contributed by atoms with Crippen molar-refractivity contribution in [2.24, 2.45) is 0 Å². The Hall–Kier alpha value is -0.670. The normalized spacial score (nSPS) is 27.7. The van der Waals surface area contributed by atoms with E-state index in [2.05, 4.69) is 41.5 Å². The highest BCUT2D eigenvalue weighted by Gasteiger charge is 2.27. The molecule has 0 aromatic rings. The van der Waals surface area contributed by atoms with Gasteiger partial charge in [0.15, 0.2) is 0 Å². The Kier molecular flexibility index (Phi) is 6.43. The molecule has 21 heavy (non-hydrogen) atoms. The molecule has 0 bridgehead atoms. The second-order valence-corrected chi connectivity index (χ2v) is 6.47. The summed E-state index contributed by atoms with van der Waals surface area (Å²) in [5, 5.41) is 9.16. The van der Waals surface area contributed by atoms with E-state index >= 15 is 0 Å². The zero-order valence-corrected chi connectivity index (χ0v) is 13.8. The lowest BCUT2D eigenvalue weighted by atomic mass is 10.1. The Balaban J connectivity index is 1.74. The van der Waals surface area contributed by atoms with Crippen molar-refractivity contribution in [1.29, 1.82) is 5.26 Å². The van der Waals surface area contributed by atoms with Gasteiger partial charge in [0.05, 0.1) is 24.8 Å². The third kappa shape index (κ3) is 4.65. The molecule has 2 saturated heterocycles. The molecule has 2 atom stereocenters. The summed E-state index contributed by atoms with van der Waals surface area (Å²) in [7, 11) is 0. The minimum absolute atomic E-state index is 0.0921. The molecule has 5 nitrogen and oxygen atoms in total. The molecule has 0 saturated carbocycles. The fourth-order valence-electron chi connectivity index (χ4n) is 3.30. The monoisotopic (exact) mass is 294 g/mol. The number of nitrogens with zero attached hydrogens (tertiary/aromatic N) is 4. The Bertz CT molecular complexity index is 347. The summed E-state index contributed by atoms with van der Waals surface area (Å²) in [6.45, 7) is 14.7. The smallest absolute Gasteiger partial charge is 0.0976 e. The molecule has 0 amide bonds. The fraction of sp³-hybridized carbons (Fsp3) is 0.938. The van der Waals surface area contributed by atoms with Gasteiger partial charge in [0, 0.05) is 51.9 Å². The van der Waals surface area contributed by atoms with E-state index in [1.807, 2.05) is 0 Å². The van der Waals surface area contributed by atoms with Crippen LogP contribution in [0.1, 0.15) is 27.2 Å². The van der Waals surface area contributed by atoms with Crippen LogP contribution in [-0.4, -0.2) is 85.3 Å². The number of ether oxygens (including phenoxy) is 1. The topological polar surface area (TPSA) is 42.7 Å². The largest absolute Gasteiger partial charge is 0.374 e. The van der Waals surface area contributed by atoms with Crippen LogP contribution in [-0.2, 0) is 4.74 Å². The molecule has 2 aliphatic rings. The molecule has 120 valence electrons. The molecular weight excluding hydrogens is 264 g/mol. The van der Waals surface area contributed by atoms with Gasteiger partial charge >= 0.3 is 0 Å². The van der Waals surface area contributed by atoms with E-state index in [1.165, 1.54) is 0 Å². The molecule has 2 aliphatic heterocycles. The molecule has 5 heteroatoms. The second kappa shape index (κ2) is 8.09. The van der Waals surface area contributed by atoms with Gasteiger partial charge in [-0.15, -0.1) is 0 Å². The maximum atomic E-state index is 9.16. The summed E-state index contributed by atoms with van der Waals surface area (Å²) >= 11 is 0. The quantitative estimate of drug-likeness (QED) is 0.757. The lowest BCUT2D eigenvalue weighted by molar-refractivity contribution is -0.0570. The van der Waals surface area contributed by atoms with Crippen LogP contribution >= 0.6 is 0 Å². The molecular formula is C16H30N4O. The van der Waals surface area contributed by atoms with Gasteiger partial charge in [-0.05, 0) is 20.3 Å². The summed E-state index contributed by atoms with van der Waals surface area (Å²) in [5.74, 6) is 0. The zero-order valence-electron chi connectivity index (χ0n) is 13.8. The van der Waals surface area contributed by atoms with Gasteiger partial charge in [-0.1, -0.05) is 6.92 Å².